The van der Waals surface area contributed by atoms with Crippen molar-refractivity contribution in [2.75, 3.05) is 0 Å². The van der Waals surface area contributed by atoms with E-state index in [1.54, 1.807) is 0 Å². The molecule has 117 heavy (non-hydrogen) atoms. The molecule has 0 aliphatic rings. The number of benzene rings is 8. The maximum absolute atomic E-state index is 5.14. The second-order valence-electron chi connectivity index (χ2n) is 32.1. The molecule has 0 bridgehead atoms. The van der Waals surface area contributed by atoms with E-state index in [1.807, 2.05) is 98.1 Å². The molecule has 0 radical (unpaired) electrons. The van der Waals surface area contributed by atoms with Crippen molar-refractivity contribution < 1.29 is 0 Å². The molecule has 0 saturated heterocycles. The van der Waals surface area contributed by atoms with Gasteiger partial charge in [0.25, 0.3) is 0 Å². The Labute approximate surface area is 668 Å². The van der Waals surface area contributed by atoms with Crippen molar-refractivity contribution in [3.8, 4) is 45.6 Å². The third kappa shape index (κ3) is 11.4. The highest BCUT2D eigenvalue weighted by Crippen LogP contribution is 2.45. The first-order valence-corrected chi connectivity index (χ1v) is 39.4. The predicted octanol–water partition coefficient (Wildman–Crippen LogP) is 23.5. The van der Waals surface area contributed by atoms with Gasteiger partial charge in [-0.2, -0.15) is 0 Å². The van der Waals surface area contributed by atoms with E-state index < -0.39 is 0 Å². The van der Waals surface area contributed by atoms with Crippen molar-refractivity contribution in [2.24, 2.45) is 0 Å². The van der Waals surface area contributed by atoms with Crippen molar-refractivity contribution in [3.05, 3.63) is 264 Å². The minimum atomic E-state index is -0.0610. The van der Waals surface area contributed by atoms with Gasteiger partial charge in [-0.3, -0.25) is 39.9 Å². The van der Waals surface area contributed by atoms with Crippen LogP contribution in [-0.2, 0) is 5.41 Å². The Balaban J connectivity index is 0.0000000973. The molecule has 0 fully saturated rings. The van der Waals surface area contributed by atoms with Gasteiger partial charge in [-0.1, -0.05) is 81.1 Å². The maximum Gasteiger partial charge on any atom is 0.141 e. The zero-order valence-electron chi connectivity index (χ0n) is 66.2. The number of nitrogens with one attached hydrogen (secondary N) is 8. The van der Waals surface area contributed by atoms with Gasteiger partial charge in [-0.05, 0) is 193 Å². The number of hydrogen-bond acceptors (Lipinski definition) is 12. The molecule has 8 N–H and O–H groups in total. The molecule has 0 aliphatic heterocycles. The Bertz CT molecular complexity index is 7680. The third-order valence-corrected chi connectivity index (χ3v) is 22.8. The molecule has 0 aliphatic carbocycles. The Hall–Kier alpha value is -14.9. The van der Waals surface area contributed by atoms with Crippen LogP contribution in [0.5, 0.6) is 0 Å². The first-order chi connectivity index (χ1) is 56.9. The Kier molecular flexibility index (Phi) is 16.1. The monoisotopic (exact) mass is 1520 g/mol. The third-order valence-electron chi connectivity index (χ3n) is 22.8. The fourth-order valence-corrected chi connectivity index (χ4v) is 17.5. The van der Waals surface area contributed by atoms with Crippen molar-refractivity contribution in [2.45, 2.75) is 87.5 Å². The second-order valence-corrected chi connectivity index (χ2v) is 32.1. The first-order valence-electron chi connectivity index (χ1n) is 39.4. The van der Waals surface area contributed by atoms with Crippen molar-refractivity contribution in [1.29, 1.82) is 0 Å². The molecule has 0 unspecified atom stereocenters. The average molecular weight is 1520 g/mol. The number of aromatic nitrogens is 20. The molecular formula is C97H78N20. The van der Waals surface area contributed by atoms with E-state index in [-0.39, 0.29) is 5.41 Å². The lowest BCUT2D eigenvalue weighted by Gasteiger charge is -2.18. The van der Waals surface area contributed by atoms with Crippen molar-refractivity contribution in [1.82, 2.24) is 99.7 Å². The van der Waals surface area contributed by atoms with E-state index in [9.17, 15) is 0 Å². The van der Waals surface area contributed by atoms with Gasteiger partial charge in [0.15, 0.2) is 0 Å². The summed E-state index contributed by atoms with van der Waals surface area (Å²) in [6.07, 6.45) is 14.5. The number of fused-ring (bicyclic) bond motifs is 28. The summed E-state index contributed by atoms with van der Waals surface area (Å²) in [6, 6.07) is 58.3. The lowest BCUT2D eigenvalue weighted by Crippen LogP contribution is -2.13. The van der Waals surface area contributed by atoms with Crippen LogP contribution >= 0.6 is 0 Å². The maximum atomic E-state index is 5.14. The Morgan fingerprint density at radius 1 is 0.248 bits per heavy atom. The van der Waals surface area contributed by atoms with Gasteiger partial charge in [0, 0.05) is 187 Å². The average Bonchev–Trinajstić information content (AvgIpc) is 1.57. The van der Waals surface area contributed by atoms with Gasteiger partial charge in [0.1, 0.15) is 23.3 Å². The lowest BCUT2D eigenvalue weighted by atomic mass is 9.88. The highest BCUT2D eigenvalue weighted by molar-refractivity contribution is 6.25. The molecule has 0 spiro atoms. The van der Waals surface area contributed by atoms with Gasteiger partial charge in [0.2, 0.25) is 0 Å². The van der Waals surface area contributed by atoms with Crippen LogP contribution in [0.1, 0.15) is 85.6 Å². The van der Waals surface area contributed by atoms with Gasteiger partial charge in [-0.25, -0.2) is 19.9 Å². The van der Waals surface area contributed by atoms with Crippen molar-refractivity contribution >= 4 is 175 Å². The minimum Gasteiger partial charge on any atom is -0.358 e. The number of pyridine rings is 8. The largest absolute Gasteiger partial charge is 0.358 e. The topological polar surface area (TPSA) is 281 Å². The predicted molar refractivity (Wildman–Crippen MR) is 477 cm³/mol. The van der Waals surface area contributed by atoms with Gasteiger partial charge in [-0.15, -0.1) is 0 Å². The van der Waals surface area contributed by atoms with E-state index in [0.29, 0.717) is 5.92 Å². The summed E-state index contributed by atoms with van der Waals surface area (Å²) in [5.74, 6) is 3.83. The van der Waals surface area contributed by atoms with Gasteiger partial charge in [0.05, 0.1) is 88.3 Å². The van der Waals surface area contributed by atoms with Gasteiger partial charge >= 0.3 is 0 Å². The standard InChI is InChI=1S/C26H23N5.C25H21N5.2C23H17N5/c1-14-9-10-18-17(13-14)19(24(29-18)26(2,3)4)25-30-22-15-7-5-11-27-20(15)21-16(23(22)31-25)8-6-12-28-21;1-13(2)20-19(17-12-14(3)8-9-18(17)28-20)25-29-23-15-6-4-10-26-21(15)22-16(24(23)30-25)7-5-11-27-22;2*1-12-7-8-17-16(11-12)18(13(2)26-17)23-27-21-14-5-3-9-24-19(14)20-15(22(21)28-23)6-4-10-25-20/h5-13,29H,1-4H3,(H,30,31);4-13,28H,1-3H3,(H,29,30);2*3-11,26H,1-2H3,(H,27,28). The second kappa shape index (κ2) is 26.9. The fraction of sp³-hybridized carbons (Fsp3) is 0.134. The Morgan fingerprint density at radius 3 is 0.795 bits per heavy atom. The van der Waals surface area contributed by atoms with Crippen LogP contribution in [0.2, 0.25) is 0 Å². The fourth-order valence-electron chi connectivity index (χ4n) is 17.5. The van der Waals surface area contributed by atoms with E-state index in [0.717, 1.165) is 210 Å². The van der Waals surface area contributed by atoms with Gasteiger partial charge < -0.3 is 39.9 Å². The highest BCUT2D eigenvalue weighted by Gasteiger charge is 2.29. The molecule has 566 valence electrons. The lowest BCUT2D eigenvalue weighted by molar-refractivity contribution is 0.575. The van der Waals surface area contributed by atoms with Crippen molar-refractivity contribution in [3.63, 3.8) is 0 Å². The minimum absolute atomic E-state index is 0.0610. The molecule has 16 heterocycles. The van der Waals surface area contributed by atoms with E-state index >= 15 is 0 Å². The Morgan fingerprint density at radius 2 is 0.496 bits per heavy atom. The van der Waals surface area contributed by atoms with Crippen LogP contribution in [0.15, 0.2) is 219 Å². The summed E-state index contributed by atoms with van der Waals surface area (Å²) in [6.45, 7) is 23.8. The number of H-pyrrole nitrogens is 8. The summed E-state index contributed by atoms with van der Waals surface area (Å²) in [5, 5.41) is 13.0. The summed E-state index contributed by atoms with van der Waals surface area (Å²) < 4.78 is 0. The van der Waals surface area contributed by atoms with Crippen LogP contribution < -0.4 is 0 Å². The van der Waals surface area contributed by atoms with Crippen LogP contribution in [0.3, 0.4) is 0 Å². The molecule has 20 heteroatoms. The number of aryl methyl sites for hydroxylation is 6. The zero-order chi connectivity index (χ0) is 79.4. The molecule has 24 aromatic rings. The van der Waals surface area contributed by atoms with Crippen LogP contribution in [0, 0.1) is 41.5 Å². The van der Waals surface area contributed by atoms with Crippen LogP contribution in [-0.4, -0.2) is 99.7 Å². The number of nitrogens with zero attached hydrogens (tertiary/aromatic N) is 12. The van der Waals surface area contributed by atoms with Crippen LogP contribution in [0.25, 0.3) is 221 Å². The molecule has 0 atom stereocenters. The molecule has 24 rings (SSSR count). The zero-order valence-corrected chi connectivity index (χ0v) is 66.2. The van der Waals surface area contributed by atoms with Crippen LogP contribution in [0.4, 0.5) is 0 Å². The molecule has 20 nitrogen and oxygen atoms in total. The molecule has 16 aromatic heterocycles. The molecular weight excluding hydrogens is 1450 g/mol. The highest BCUT2D eigenvalue weighted by atomic mass is 15.0. The number of imidazole rings is 4. The summed E-state index contributed by atoms with van der Waals surface area (Å²) in [7, 11) is 0. The normalized spacial score (nSPS) is 12.1. The quantitative estimate of drug-likeness (QED) is 0.0747. The smallest absolute Gasteiger partial charge is 0.141 e. The first kappa shape index (κ1) is 70.0. The molecule has 0 saturated carbocycles. The van der Waals surface area contributed by atoms with E-state index in [2.05, 4.69) is 277 Å². The number of hydrogen-bond donors (Lipinski definition) is 8. The molecule has 0 amide bonds. The number of aromatic amines is 8. The SMILES string of the molecule is Cc1ccc2[nH]c(C(C)(C)C)c(-c3nc4c5cccnc5c5ncccc5c4[nH]3)c2c1.Cc1ccc2[nH]c(C(C)C)c(-c3nc4c5cccnc5c5ncccc5c4[nH]3)c2c1.Cc1ccc2[nH]c(C)c(-c3nc4c5cccnc5c5ncccc5c4[nH]3)c2c1.Cc1ccc2[nH]c(C)c(-c3nc4c5cccnc5c5ncccc5c4[nH]3)c2c1. The summed E-state index contributed by atoms with van der Waals surface area (Å²) >= 11 is 0. The molecule has 8 aromatic carbocycles. The number of rotatable bonds is 5. The van der Waals surface area contributed by atoms with E-state index in [4.69, 9.17) is 19.9 Å². The summed E-state index contributed by atoms with van der Waals surface area (Å²) in [5.41, 5.74) is 33.3. The van der Waals surface area contributed by atoms with E-state index in [1.165, 1.54) is 55.2 Å². The summed E-state index contributed by atoms with van der Waals surface area (Å²) in [4.78, 5) is 85.9.